The standard InChI is InChI=1S/C14H15NO5/c1-5-9-6(2)7(3)12-10(8(9)4)11(15(18)19)13(20-12)14(16)17/h5H2,1-4H3,(H,16,17). The second kappa shape index (κ2) is 4.63. The number of carboxylic acids is 1. The minimum absolute atomic E-state index is 0.293. The van der Waals surface area contributed by atoms with Gasteiger partial charge in [-0.05, 0) is 49.4 Å². The van der Waals surface area contributed by atoms with Crippen LogP contribution >= 0.6 is 0 Å². The van der Waals surface area contributed by atoms with Gasteiger partial charge in [-0.1, -0.05) is 6.92 Å². The molecule has 0 spiro atoms. The van der Waals surface area contributed by atoms with Gasteiger partial charge in [-0.15, -0.1) is 0 Å². The number of carboxylic acid groups (broad SMARTS) is 1. The van der Waals surface area contributed by atoms with E-state index in [1.54, 1.807) is 13.8 Å². The molecule has 2 rings (SSSR count). The summed E-state index contributed by atoms with van der Waals surface area (Å²) >= 11 is 0. The van der Waals surface area contributed by atoms with Crippen molar-refractivity contribution in [3.8, 4) is 0 Å². The first kappa shape index (κ1) is 14.0. The van der Waals surface area contributed by atoms with E-state index in [4.69, 9.17) is 9.52 Å². The van der Waals surface area contributed by atoms with Gasteiger partial charge in [-0.2, -0.15) is 0 Å². The first-order chi connectivity index (χ1) is 9.31. The summed E-state index contributed by atoms with van der Waals surface area (Å²) in [6.07, 6.45) is 0.721. The van der Waals surface area contributed by atoms with Gasteiger partial charge in [0.05, 0.1) is 4.92 Å². The molecule has 0 fully saturated rings. The van der Waals surface area contributed by atoms with Gasteiger partial charge < -0.3 is 9.52 Å². The van der Waals surface area contributed by atoms with Crippen molar-refractivity contribution in [2.45, 2.75) is 34.1 Å². The van der Waals surface area contributed by atoms with Gasteiger partial charge in [0, 0.05) is 0 Å². The lowest BCUT2D eigenvalue weighted by Crippen LogP contribution is -2.00. The van der Waals surface area contributed by atoms with Crippen molar-refractivity contribution in [1.82, 2.24) is 0 Å². The van der Waals surface area contributed by atoms with Crippen LogP contribution in [0.3, 0.4) is 0 Å². The van der Waals surface area contributed by atoms with E-state index >= 15 is 0 Å². The highest BCUT2D eigenvalue weighted by atomic mass is 16.6. The molecule has 1 heterocycles. The molecule has 20 heavy (non-hydrogen) atoms. The fourth-order valence-electron chi connectivity index (χ4n) is 2.71. The van der Waals surface area contributed by atoms with Gasteiger partial charge in [0.15, 0.2) is 0 Å². The highest BCUT2D eigenvalue weighted by Crippen LogP contribution is 2.40. The Morgan fingerprint density at radius 1 is 1.25 bits per heavy atom. The molecule has 0 radical (unpaired) electrons. The summed E-state index contributed by atoms with van der Waals surface area (Å²) < 4.78 is 5.27. The second-order valence-electron chi connectivity index (χ2n) is 4.75. The maximum atomic E-state index is 11.2. The Balaban J connectivity index is 3.08. The van der Waals surface area contributed by atoms with Crippen LogP contribution in [0.4, 0.5) is 5.69 Å². The molecule has 0 saturated carbocycles. The largest absolute Gasteiger partial charge is 0.475 e. The molecule has 0 aliphatic heterocycles. The van der Waals surface area contributed by atoms with Crippen LogP contribution < -0.4 is 0 Å². The molecule has 0 aliphatic carbocycles. The van der Waals surface area contributed by atoms with Crippen molar-refractivity contribution in [2.75, 3.05) is 0 Å². The van der Waals surface area contributed by atoms with Gasteiger partial charge in [-0.3, -0.25) is 10.1 Å². The number of fused-ring (bicyclic) bond motifs is 1. The average molecular weight is 277 g/mol. The molecular weight excluding hydrogens is 262 g/mol. The smallest absolute Gasteiger partial charge is 0.379 e. The number of nitro groups is 1. The van der Waals surface area contributed by atoms with Crippen molar-refractivity contribution in [2.24, 2.45) is 0 Å². The third kappa shape index (κ3) is 1.76. The number of hydrogen-bond donors (Lipinski definition) is 1. The number of hydrogen-bond acceptors (Lipinski definition) is 4. The van der Waals surface area contributed by atoms with Crippen LogP contribution in [0.2, 0.25) is 0 Å². The zero-order valence-electron chi connectivity index (χ0n) is 11.7. The van der Waals surface area contributed by atoms with Crippen molar-refractivity contribution < 1.29 is 19.2 Å². The lowest BCUT2D eigenvalue weighted by atomic mass is 9.93. The van der Waals surface area contributed by atoms with Crippen LogP contribution in [-0.4, -0.2) is 16.0 Å². The van der Waals surface area contributed by atoms with E-state index in [2.05, 4.69) is 0 Å². The molecule has 6 nitrogen and oxygen atoms in total. The van der Waals surface area contributed by atoms with Crippen LogP contribution in [-0.2, 0) is 6.42 Å². The molecule has 106 valence electrons. The van der Waals surface area contributed by atoms with Gasteiger partial charge in [-0.25, -0.2) is 4.79 Å². The highest BCUT2D eigenvalue weighted by molar-refractivity contribution is 6.03. The summed E-state index contributed by atoms with van der Waals surface area (Å²) in [4.78, 5) is 21.7. The molecule has 1 aromatic carbocycles. The Morgan fingerprint density at radius 2 is 1.85 bits per heavy atom. The molecule has 0 bridgehead atoms. The SMILES string of the molecule is CCc1c(C)c(C)c2oc(C(=O)O)c([N+](=O)[O-])c2c1C. The highest BCUT2D eigenvalue weighted by Gasteiger charge is 2.32. The van der Waals surface area contributed by atoms with Crippen LogP contribution in [0.15, 0.2) is 4.42 Å². The molecule has 1 aromatic heterocycles. The predicted octanol–water partition coefficient (Wildman–Crippen LogP) is 3.53. The fourth-order valence-corrected chi connectivity index (χ4v) is 2.71. The van der Waals surface area contributed by atoms with E-state index in [0.29, 0.717) is 16.5 Å². The number of nitrogens with zero attached hydrogens (tertiary/aromatic N) is 1. The molecular formula is C14H15NO5. The van der Waals surface area contributed by atoms with Crippen LogP contribution in [0, 0.1) is 30.9 Å². The summed E-state index contributed by atoms with van der Waals surface area (Å²) in [5.74, 6) is -2.04. The summed E-state index contributed by atoms with van der Waals surface area (Å²) in [7, 11) is 0. The average Bonchev–Trinajstić information content (AvgIpc) is 2.77. The van der Waals surface area contributed by atoms with Crippen molar-refractivity contribution in [3.05, 3.63) is 38.1 Å². The second-order valence-corrected chi connectivity index (χ2v) is 4.75. The Bertz CT molecular complexity index is 742. The minimum Gasteiger partial charge on any atom is -0.475 e. The summed E-state index contributed by atoms with van der Waals surface area (Å²) in [6.45, 7) is 7.43. The van der Waals surface area contributed by atoms with E-state index in [0.717, 1.165) is 23.1 Å². The van der Waals surface area contributed by atoms with Gasteiger partial charge >= 0.3 is 11.7 Å². The predicted molar refractivity (Wildman–Crippen MR) is 73.4 cm³/mol. The number of carbonyl (C=O) groups is 1. The summed E-state index contributed by atoms with van der Waals surface area (Å²) in [6, 6.07) is 0. The van der Waals surface area contributed by atoms with Crippen LogP contribution in [0.25, 0.3) is 11.0 Å². The topological polar surface area (TPSA) is 93.6 Å². The van der Waals surface area contributed by atoms with E-state index < -0.39 is 22.3 Å². The molecule has 1 N–H and O–H groups in total. The summed E-state index contributed by atoms with van der Waals surface area (Å²) in [5, 5.41) is 20.6. The molecule has 6 heteroatoms. The summed E-state index contributed by atoms with van der Waals surface area (Å²) in [5.41, 5.74) is 3.28. The first-order valence-electron chi connectivity index (χ1n) is 6.24. The van der Waals surface area contributed by atoms with E-state index in [1.807, 2.05) is 13.8 Å². The first-order valence-corrected chi connectivity index (χ1v) is 6.24. The molecule has 2 aromatic rings. The van der Waals surface area contributed by atoms with E-state index in [-0.39, 0.29) is 0 Å². The minimum atomic E-state index is -1.43. The number of rotatable bonds is 3. The van der Waals surface area contributed by atoms with Crippen molar-refractivity contribution >= 4 is 22.6 Å². The Morgan fingerprint density at radius 3 is 2.30 bits per heavy atom. The zero-order valence-corrected chi connectivity index (χ0v) is 11.7. The third-order valence-electron chi connectivity index (χ3n) is 3.80. The maximum absolute atomic E-state index is 11.2. The Kier molecular flexibility index (Phi) is 3.25. The van der Waals surface area contributed by atoms with Gasteiger partial charge in [0.25, 0.3) is 5.76 Å². The maximum Gasteiger partial charge on any atom is 0.379 e. The molecule has 0 saturated heterocycles. The Labute approximate surface area is 115 Å². The fraction of sp³-hybridized carbons (Fsp3) is 0.357. The van der Waals surface area contributed by atoms with Gasteiger partial charge in [0.1, 0.15) is 11.0 Å². The quantitative estimate of drug-likeness (QED) is 0.684. The van der Waals surface area contributed by atoms with Crippen LogP contribution in [0.5, 0.6) is 0 Å². The third-order valence-corrected chi connectivity index (χ3v) is 3.80. The lowest BCUT2D eigenvalue weighted by molar-refractivity contribution is -0.383. The number of aryl methyl sites for hydroxylation is 2. The molecule has 0 amide bonds. The van der Waals surface area contributed by atoms with E-state index in [1.165, 1.54) is 0 Å². The number of benzene rings is 1. The zero-order chi connectivity index (χ0) is 15.2. The molecule has 0 atom stereocenters. The van der Waals surface area contributed by atoms with Crippen molar-refractivity contribution in [1.29, 1.82) is 0 Å². The normalized spacial score (nSPS) is 11.0. The number of aromatic carboxylic acids is 1. The van der Waals surface area contributed by atoms with Gasteiger partial charge in [0.2, 0.25) is 0 Å². The van der Waals surface area contributed by atoms with Crippen LogP contribution in [0.1, 0.15) is 39.7 Å². The monoisotopic (exact) mass is 277 g/mol. The Hall–Kier alpha value is -2.37. The molecule has 0 aliphatic rings. The number of furan rings is 1. The van der Waals surface area contributed by atoms with E-state index in [9.17, 15) is 14.9 Å². The molecule has 0 unspecified atom stereocenters. The van der Waals surface area contributed by atoms with Crippen molar-refractivity contribution in [3.63, 3.8) is 0 Å². The lowest BCUT2D eigenvalue weighted by Gasteiger charge is -2.11.